The second-order valence-corrected chi connectivity index (χ2v) is 6.13. The highest BCUT2D eigenvalue weighted by Gasteiger charge is 2.21. The van der Waals surface area contributed by atoms with Crippen LogP contribution in [-0.2, 0) is 9.53 Å². The molecule has 0 radical (unpaired) electrons. The molecule has 1 heterocycles. The Hall–Kier alpha value is -0.320. The van der Waals surface area contributed by atoms with Gasteiger partial charge in [0, 0.05) is 18.6 Å². The number of nitrogens with zero attached hydrogens (tertiary/aromatic N) is 1. The SMILES string of the molecule is CCCCCCC(C)(C)NC(=O)CN1CCOCC1.Cl. The Morgan fingerprint density at radius 2 is 1.85 bits per heavy atom. The van der Waals surface area contributed by atoms with Crippen molar-refractivity contribution >= 4 is 18.3 Å². The van der Waals surface area contributed by atoms with E-state index in [9.17, 15) is 4.79 Å². The number of halogens is 1. The summed E-state index contributed by atoms with van der Waals surface area (Å²) in [5, 5.41) is 3.16. The Morgan fingerprint density at radius 1 is 1.20 bits per heavy atom. The van der Waals surface area contributed by atoms with E-state index < -0.39 is 0 Å². The predicted molar refractivity (Wildman–Crippen MR) is 85.5 cm³/mol. The molecule has 0 aliphatic carbocycles. The van der Waals surface area contributed by atoms with Crippen LogP contribution in [0.25, 0.3) is 0 Å². The first-order chi connectivity index (χ1) is 9.03. The van der Waals surface area contributed by atoms with Crippen molar-refractivity contribution in [2.45, 2.75) is 58.4 Å². The van der Waals surface area contributed by atoms with Gasteiger partial charge in [0.15, 0.2) is 0 Å². The summed E-state index contributed by atoms with van der Waals surface area (Å²) in [4.78, 5) is 14.2. The zero-order valence-corrected chi connectivity index (χ0v) is 14.1. The summed E-state index contributed by atoms with van der Waals surface area (Å²) >= 11 is 0. The molecule has 1 fully saturated rings. The van der Waals surface area contributed by atoms with E-state index in [0.717, 1.165) is 32.7 Å². The molecular weight excluding hydrogens is 276 g/mol. The Balaban J connectivity index is 0.00000361. The van der Waals surface area contributed by atoms with Gasteiger partial charge in [-0.1, -0.05) is 32.6 Å². The first kappa shape index (κ1) is 19.7. The number of ether oxygens (including phenoxy) is 1. The Kier molecular flexibility index (Phi) is 10.2. The topological polar surface area (TPSA) is 41.6 Å². The number of hydrogen-bond donors (Lipinski definition) is 1. The first-order valence-corrected chi connectivity index (χ1v) is 7.64. The number of morpholine rings is 1. The van der Waals surface area contributed by atoms with Crippen LogP contribution in [0.1, 0.15) is 52.9 Å². The summed E-state index contributed by atoms with van der Waals surface area (Å²) in [6.45, 7) is 10.2. The third kappa shape index (κ3) is 8.77. The molecule has 20 heavy (non-hydrogen) atoms. The van der Waals surface area contributed by atoms with Crippen LogP contribution in [0, 0.1) is 0 Å². The fraction of sp³-hybridized carbons (Fsp3) is 0.933. The van der Waals surface area contributed by atoms with Crippen LogP contribution in [0.15, 0.2) is 0 Å². The van der Waals surface area contributed by atoms with Gasteiger partial charge in [-0.25, -0.2) is 0 Å². The molecule has 0 saturated carbocycles. The average Bonchev–Trinajstić information content (AvgIpc) is 2.35. The molecule has 0 aromatic heterocycles. The zero-order valence-electron chi connectivity index (χ0n) is 13.2. The number of nitrogens with one attached hydrogen (secondary N) is 1. The molecule has 1 aliphatic heterocycles. The molecule has 0 aromatic carbocycles. The average molecular weight is 307 g/mol. The molecular formula is C15H31ClN2O2. The van der Waals surface area contributed by atoms with Crippen molar-refractivity contribution < 1.29 is 9.53 Å². The summed E-state index contributed by atoms with van der Waals surface area (Å²) in [6, 6.07) is 0. The molecule has 0 atom stereocenters. The number of carbonyl (C=O) groups is 1. The molecule has 0 aromatic rings. The quantitative estimate of drug-likeness (QED) is 0.701. The normalized spacial score (nSPS) is 16.6. The van der Waals surface area contributed by atoms with E-state index in [1.165, 1.54) is 25.7 Å². The highest BCUT2D eigenvalue weighted by atomic mass is 35.5. The molecule has 0 spiro atoms. The monoisotopic (exact) mass is 306 g/mol. The van der Waals surface area contributed by atoms with E-state index >= 15 is 0 Å². The largest absolute Gasteiger partial charge is 0.379 e. The van der Waals surface area contributed by atoms with Crippen LogP contribution in [0.3, 0.4) is 0 Å². The molecule has 1 rings (SSSR count). The van der Waals surface area contributed by atoms with Crippen LogP contribution < -0.4 is 5.32 Å². The maximum absolute atomic E-state index is 12.0. The highest BCUT2D eigenvalue weighted by Crippen LogP contribution is 2.14. The second-order valence-electron chi connectivity index (χ2n) is 6.13. The van der Waals surface area contributed by atoms with Crippen LogP contribution in [0.5, 0.6) is 0 Å². The van der Waals surface area contributed by atoms with E-state index in [0.29, 0.717) is 6.54 Å². The minimum atomic E-state index is -0.0862. The highest BCUT2D eigenvalue weighted by molar-refractivity contribution is 5.85. The minimum absolute atomic E-state index is 0. The van der Waals surface area contributed by atoms with E-state index in [-0.39, 0.29) is 23.9 Å². The number of carbonyl (C=O) groups excluding carboxylic acids is 1. The van der Waals surface area contributed by atoms with Gasteiger partial charge in [-0.2, -0.15) is 0 Å². The Morgan fingerprint density at radius 3 is 2.45 bits per heavy atom. The van der Waals surface area contributed by atoms with Crippen molar-refractivity contribution in [3.05, 3.63) is 0 Å². The lowest BCUT2D eigenvalue weighted by Crippen LogP contribution is -2.49. The van der Waals surface area contributed by atoms with Crippen molar-refractivity contribution in [2.75, 3.05) is 32.8 Å². The maximum atomic E-state index is 12.0. The Bertz CT molecular complexity index is 267. The van der Waals surface area contributed by atoms with Crippen LogP contribution in [0.4, 0.5) is 0 Å². The van der Waals surface area contributed by atoms with Crippen molar-refractivity contribution in [2.24, 2.45) is 0 Å². The third-order valence-electron chi connectivity index (χ3n) is 3.60. The van der Waals surface area contributed by atoms with Gasteiger partial charge in [0.2, 0.25) is 5.91 Å². The predicted octanol–water partition coefficient (Wildman–Crippen LogP) is 2.61. The van der Waals surface area contributed by atoms with Gasteiger partial charge in [0.25, 0.3) is 0 Å². The van der Waals surface area contributed by atoms with Crippen molar-refractivity contribution in [1.82, 2.24) is 10.2 Å². The van der Waals surface area contributed by atoms with Crippen LogP contribution in [0.2, 0.25) is 0 Å². The molecule has 0 unspecified atom stereocenters. The molecule has 5 heteroatoms. The van der Waals surface area contributed by atoms with Gasteiger partial charge < -0.3 is 10.1 Å². The van der Waals surface area contributed by atoms with Gasteiger partial charge >= 0.3 is 0 Å². The second kappa shape index (κ2) is 10.4. The number of amides is 1. The van der Waals surface area contributed by atoms with E-state index in [1.807, 2.05) is 0 Å². The van der Waals surface area contributed by atoms with Gasteiger partial charge in [-0.05, 0) is 20.3 Å². The number of rotatable bonds is 8. The maximum Gasteiger partial charge on any atom is 0.234 e. The van der Waals surface area contributed by atoms with Gasteiger partial charge in [-0.3, -0.25) is 9.69 Å². The Labute approximate surface area is 130 Å². The van der Waals surface area contributed by atoms with E-state index in [2.05, 4.69) is 31.0 Å². The first-order valence-electron chi connectivity index (χ1n) is 7.64. The fourth-order valence-corrected chi connectivity index (χ4v) is 2.44. The third-order valence-corrected chi connectivity index (χ3v) is 3.60. The fourth-order valence-electron chi connectivity index (χ4n) is 2.44. The standard InChI is InChI=1S/C15H30N2O2.ClH/c1-4-5-6-7-8-15(2,3)16-14(18)13-17-9-11-19-12-10-17;/h4-13H2,1-3H3,(H,16,18);1H. The minimum Gasteiger partial charge on any atom is -0.379 e. The summed E-state index contributed by atoms with van der Waals surface area (Å²) in [5.74, 6) is 0.141. The summed E-state index contributed by atoms with van der Waals surface area (Å²) in [5.41, 5.74) is -0.0862. The van der Waals surface area contributed by atoms with Gasteiger partial charge in [0.1, 0.15) is 0 Å². The molecule has 4 nitrogen and oxygen atoms in total. The van der Waals surface area contributed by atoms with Crippen LogP contribution >= 0.6 is 12.4 Å². The van der Waals surface area contributed by atoms with Gasteiger partial charge in [-0.15, -0.1) is 12.4 Å². The summed E-state index contributed by atoms with van der Waals surface area (Å²) < 4.78 is 5.28. The van der Waals surface area contributed by atoms with Crippen molar-refractivity contribution in [1.29, 1.82) is 0 Å². The number of hydrogen-bond acceptors (Lipinski definition) is 3. The lowest BCUT2D eigenvalue weighted by molar-refractivity contribution is -0.124. The molecule has 1 N–H and O–H groups in total. The molecule has 0 bridgehead atoms. The molecule has 1 saturated heterocycles. The van der Waals surface area contributed by atoms with Crippen molar-refractivity contribution in [3.63, 3.8) is 0 Å². The van der Waals surface area contributed by atoms with Gasteiger partial charge in [0.05, 0.1) is 19.8 Å². The zero-order chi connectivity index (χ0) is 14.1. The lowest BCUT2D eigenvalue weighted by Gasteiger charge is -2.30. The summed E-state index contributed by atoms with van der Waals surface area (Å²) in [6.07, 6.45) is 6.06. The molecule has 1 amide bonds. The summed E-state index contributed by atoms with van der Waals surface area (Å²) in [7, 11) is 0. The molecule has 120 valence electrons. The van der Waals surface area contributed by atoms with Crippen molar-refractivity contribution in [3.8, 4) is 0 Å². The van der Waals surface area contributed by atoms with E-state index in [1.54, 1.807) is 0 Å². The smallest absolute Gasteiger partial charge is 0.234 e. The number of unbranched alkanes of at least 4 members (excludes halogenated alkanes) is 3. The van der Waals surface area contributed by atoms with E-state index in [4.69, 9.17) is 4.74 Å². The lowest BCUT2D eigenvalue weighted by atomic mass is 9.96. The van der Waals surface area contributed by atoms with Crippen LogP contribution in [-0.4, -0.2) is 49.2 Å². The molecule has 1 aliphatic rings.